The van der Waals surface area contributed by atoms with E-state index in [4.69, 9.17) is 9.47 Å². The van der Waals surface area contributed by atoms with Gasteiger partial charge in [-0.25, -0.2) is 4.98 Å². The molecule has 0 bridgehead atoms. The van der Waals surface area contributed by atoms with Gasteiger partial charge < -0.3 is 14.8 Å². The minimum atomic E-state index is 0.0543. The van der Waals surface area contributed by atoms with Gasteiger partial charge in [-0.1, -0.05) is 18.2 Å². The molecule has 0 saturated carbocycles. The first kappa shape index (κ1) is 15.7. The highest BCUT2D eigenvalue weighted by atomic mass is 32.2. The van der Waals surface area contributed by atoms with E-state index in [1.54, 1.807) is 12.3 Å². The van der Waals surface area contributed by atoms with E-state index in [1.165, 1.54) is 5.75 Å². The molecule has 126 valence electrons. The number of nitrogens with zero attached hydrogens (tertiary/aromatic N) is 2. The number of thioether (sulfide) groups is 1. The van der Waals surface area contributed by atoms with Crippen LogP contribution in [-0.4, -0.2) is 39.7 Å². The Bertz CT molecular complexity index is 677. The third-order valence-electron chi connectivity index (χ3n) is 4.49. The first-order valence-corrected chi connectivity index (χ1v) is 9.51. The fourth-order valence-corrected chi connectivity index (χ4v) is 4.65. The van der Waals surface area contributed by atoms with E-state index in [0.29, 0.717) is 17.9 Å². The van der Waals surface area contributed by atoms with Crippen LogP contribution in [0.1, 0.15) is 19.3 Å². The Morgan fingerprint density at radius 3 is 3.00 bits per heavy atom. The molecule has 2 fully saturated rings. The van der Waals surface area contributed by atoms with Gasteiger partial charge >= 0.3 is 0 Å². The molecule has 2 aliphatic heterocycles. The number of para-hydroxylation sites is 1. The Morgan fingerprint density at radius 1 is 1.25 bits per heavy atom. The van der Waals surface area contributed by atoms with Crippen molar-refractivity contribution < 1.29 is 9.47 Å². The predicted octanol–water partition coefficient (Wildman–Crippen LogP) is 3.74. The van der Waals surface area contributed by atoms with Crippen LogP contribution in [0.3, 0.4) is 0 Å². The third-order valence-corrected chi connectivity index (χ3v) is 5.71. The summed E-state index contributed by atoms with van der Waals surface area (Å²) in [6.07, 6.45) is 4.88. The molecule has 2 saturated heterocycles. The molecule has 2 atom stereocenters. The zero-order valence-electron chi connectivity index (χ0n) is 13.5. The van der Waals surface area contributed by atoms with Gasteiger partial charge in [-0.15, -0.1) is 0 Å². The lowest BCUT2D eigenvalue weighted by molar-refractivity contribution is -0.0629. The van der Waals surface area contributed by atoms with Gasteiger partial charge in [0.15, 0.2) is 0 Å². The first-order valence-electron chi connectivity index (χ1n) is 8.36. The molecule has 6 heteroatoms. The third kappa shape index (κ3) is 3.65. The van der Waals surface area contributed by atoms with Gasteiger partial charge in [0, 0.05) is 30.7 Å². The quantitative estimate of drug-likeness (QED) is 0.913. The Morgan fingerprint density at radius 2 is 2.17 bits per heavy atom. The van der Waals surface area contributed by atoms with Crippen molar-refractivity contribution in [2.45, 2.75) is 30.9 Å². The van der Waals surface area contributed by atoms with Crippen LogP contribution in [0.2, 0.25) is 0 Å². The molecule has 1 N–H and O–H groups in total. The molecule has 1 aromatic carbocycles. The molecule has 1 spiro atoms. The topological polar surface area (TPSA) is 56.3 Å². The van der Waals surface area contributed by atoms with Gasteiger partial charge in [0.25, 0.3) is 0 Å². The largest absolute Gasteiger partial charge is 0.439 e. The van der Waals surface area contributed by atoms with E-state index < -0.39 is 0 Å². The Balaban J connectivity index is 1.42. The molecule has 2 aromatic rings. The molecular formula is C18H21N3O2S. The molecule has 4 rings (SSSR count). The second-order valence-electron chi connectivity index (χ2n) is 6.30. The number of hydrogen-bond acceptors (Lipinski definition) is 6. The molecule has 1 aromatic heterocycles. The van der Waals surface area contributed by atoms with E-state index in [9.17, 15) is 0 Å². The summed E-state index contributed by atoms with van der Waals surface area (Å²) in [4.78, 5) is 8.83. The van der Waals surface area contributed by atoms with Crippen molar-refractivity contribution in [1.29, 1.82) is 0 Å². The Labute approximate surface area is 146 Å². The van der Waals surface area contributed by atoms with E-state index in [0.717, 1.165) is 37.4 Å². The van der Waals surface area contributed by atoms with Gasteiger partial charge in [-0.2, -0.15) is 16.7 Å². The summed E-state index contributed by atoms with van der Waals surface area (Å²) in [5.41, 5.74) is 0.0543. The number of hydrogen-bond donors (Lipinski definition) is 1. The number of nitrogens with one attached hydrogen (secondary N) is 1. The summed E-state index contributed by atoms with van der Waals surface area (Å²) in [6.45, 7) is 0.804. The molecule has 0 unspecified atom stereocenters. The molecule has 0 amide bonds. The van der Waals surface area contributed by atoms with Crippen molar-refractivity contribution in [2.75, 3.05) is 23.4 Å². The molecule has 2 aliphatic rings. The standard InChI is InChI=1S/C18H21N3O2S/c1-2-4-15(5-3-1)23-16-6-9-19-17(21-16)20-14-7-10-22-18(12-14)8-11-24-13-18/h1-6,9,14H,7-8,10-13H2,(H,19,20,21)/t14-,18-/m1/s1. The van der Waals surface area contributed by atoms with Crippen LogP contribution in [0.15, 0.2) is 42.6 Å². The maximum Gasteiger partial charge on any atom is 0.226 e. The van der Waals surface area contributed by atoms with Crippen molar-refractivity contribution in [2.24, 2.45) is 0 Å². The smallest absolute Gasteiger partial charge is 0.226 e. The van der Waals surface area contributed by atoms with Crippen molar-refractivity contribution in [3.8, 4) is 11.6 Å². The molecule has 5 nitrogen and oxygen atoms in total. The molecule has 24 heavy (non-hydrogen) atoms. The fraction of sp³-hybridized carbons (Fsp3) is 0.444. The van der Waals surface area contributed by atoms with Crippen LogP contribution in [-0.2, 0) is 4.74 Å². The lowest BCUT2D eigenvalue weighted by atomic mass is 9.90. The van der Waals surface area contributed by atoms with Gasteiger partial charge in [0.2, 0.25) is 11.8 Å². The average molecular weight is 343 g/mol. The maximum atomic E-state index is 6.07. The second-order valence-corrected chi connectivity index (χ2v) is 7.41. The van der Waals surface area contributed by atoms with Crippen LogP contribution < -0.4 is 10.1 Å². The fourth-order valence-electron chi connectivity index (χ4n) is 3.27. The average Bonchev–Trinajstić information content (AvgIpc) is 3.04. The van der Waals surface area contributed by atoms with E-state index in [2.05, 4.69) is 15.3 Å². The van der Waals surface area contributed by atoms with E-state index in [-0.39, 0.29) is 5.60 Å². The van der Waals surface area contributed by atoms with Crippen LogP contribution in [0.5, 0.6) is 11.6 Å². The molecule has 0 radical (unpaired) electrons. The number of ether oxygens (including phenoxy) is 2. The van der Waals surface area contributed by atoms with Crippen molar-refractivity contribution in [3.63, 3.8) is 0 Å². The van der Waals surface area contributed by atoms with Gasteiger partial charge in [-0.05, 0) is 37.1 Å². The number of anilines is 1. The highest BCUT2D eigenvalue weighted by molar-refractivity contribution is 7.99. The molecule has 0 aliphatic carbocycles. The number of aromatic nitrogens is 2. The van der Waals surface area contributed by atoms with Crippen molar-refractivity contribution >= 4 is 17.7 Å². The molecular weight excluding hydrogens is 322 g/mol. The van der Waals surface area contributed by atoms with E-state index >= 15 is 0 Å². The van der Waals surface area contributed by atoms with Crippen LogP contribution in [0.25, 0.3) is 0 Å². The number of benzene rings is 1. The summed E-state index contributed by atoms with van der Waals surface area (Å²) >= 11 is 1.99. The highest BCUT2D eigenvalue weighted by Crippen LogP contribution is 2.38. The normalized spacial score (nSPS) is 26.4. The zero-order chi connectivity index (χ0) is 16.2. The lowest BCUT2D eigenvalue weighted by Gasteiger charge is -2.38. The van der Waals surface area contributed by atoms with Crippen LogP contribution >= 0.6 is 11.8 Å². The maximum absolute atomic E-state index is 6.07. The van der Waals surface area contributed by atoms with Crippen molar-refractivity contribution in [3.05, 3.63) is 42.6 Å². The Hall–Kier alpha value is -1.79. The second kappa shape index (κ2) is 6.99. The van der Waals surface area contributed by atoms with Crippen LogP contribution in [0, 0.1) is 0 Å². The summed E-state index contributed by atoms with van der Waals surface area (Å²) in [6, 6.07) is 11.8. The Kier molecular flexibility index (Phi) is 4.58. The highest BCUT2D eigenvalue weighted by Gasteiger charge is 2.40. The van der Waals surface area contributed by atoms with Gasteiger partial charge in [-0.3, -0.25) is 0 Å². The monoisotopic (exact) mass is 343 g/mol. The van der Waals surface area contributed by atoms with Gasteiger partial charge in [0.05, 0.1) is 5.60 Å². The van der Waals surface area contributed by atoms with Crippen LogP contribution in [0.4, 0.5) is 5.95 Å². The van der Waals surface area contributed by atoms with Gasteiger partial charge in [0.1, 0.15) is 5.75 Å². The van der Waals surface area contributed by atoms with E-state index in [1.807, 2.05) is 42.1 Å². The summed E-state index contributed by atoms with van der Waals surface area (Å²) in [5, 5.41) is 3.47. The summed E-state index contributed by atoms with van der Waals surface area (Å²) in [5.74, 6) is 4.25. The summed E-state index contributed by atoms with van der Waals surface area (Å²) < 4.78 is 11.9. The first-order chi connectivity index (χ1) is 11.8. The summed E-state index contributed by atoms with van der Waals surface area (Å²) in [7, 11) is 0. The minimum absolute atomic E-state index is 0.0543. The zero-order valence-corrected chi connectivity index (χ0v) is 14.3. The lowest BCUT2D eigenvalue weighted by Crippen LogP contribution is -2.44. The number of rotatable bonds is 4. The minimum Gasteiger partial charge on any atom is -0.439 e. The SMILES string of the molecule is c1ccc(Oc2ccnc(N[C@@H]3CCO[C@]4(CCSC4)C3)n2)cc1. The predicted molar refractivity (Wildman–Crippen MR) is 95.8 cm³/mol. The van der Waals surface area contributed by atoms with Crippen molar-refractivity contribution in [1.82, 2.24) is 9.97 Å². The molecule has 3 heterocycles.